The molecule has 0 radical (unpaired) electrons. The summed E-state index contributed by atoms with van der Waals surface area (Å²) in [6.07, 6.45) is -1.84. The lowest BCUT2D eigenvalue weighted by Gasteiger charge is -2.14. The van der Waals surface area contributed by atoms with E-state index in [0.717, 1.165) is 0 Å². The largest absolute Gasteiger partial charge is 0.389 e. The summed E-state index contributed by atoms with van der Waals surface area (Å²) in [6, 6.07) is 3.32. The molecule has 0 aliphatic rings. The van der Waals surface area contributed by atoms with Crippen molar-refractivity contribution in [2.24, 2.45) is 0 Å². The number of nitrogens with zero attached hydrogens (tertiary/aromatic N) is 1. The van der Waals surface area contributed by atoms with E-state index in [1.807, 2.05) is 0 Å². The SMILES string of the molecule is N#CCC(O)C(O)c1ccsc1C=O. The summed E-state index contributed by atoms with van der Waals surface area (Å²) in [5.74, 6) is 0. The zero-order valence-electron chi connectivity index (χ0n) is 7.25. The van der Waals surface area contributed by atoms with Crippen molar-refractivity contribution in [3.63, 3.8) is 0 Å². The fourth-order valence-electron chi connectivity index (χ4n) is 1.08. The molecule has 2 atom stereocenters. The molecule has 5 heteroatoms. The number of thiophene rings is 1. The lowest BCUT2D eigenvalue weighted by atomic mass is 10.0. The third-order valence-electron chi connectivity index (χ3n) is 1.82. The number of aldehydes is 1. The lowest BCUT2D eigenvalue weighted by Crippen LogP contribution is -2.17. The Morgan fingerprint density at radius 1 is 1.64 bits per heavy atom. The Balaban J connectivity index is 2.83. The van der Waals surface area contributed by atoms with Gasteiger partial charge in [-0.05, 0) is 11.4 Å². The van der Waals surface area contributed by atoms with Crippen molar-refractivity contribution in [3.05, 3.63) is 21.9 Å². The Kier molecular flexibility index (Phi) is 3.77. The predicted molar refractivity (Wildman–Crippen MR) is 50.9 cm³/mol. The summed E-state index contributed by atoms with van der Waals surface area (Å²) in [7, 11) is 0. The van der Waals surface area contributed by atoms with Crippen LogP contribution in [0.25, 0.3) is 0 Å². The molecule has 0 aliphatic heterocycles. The smallest absolute Gasteiger partial charge is 0.160 e. The number of nitriles is 1. The maximum absolute atomic E-state index is 10.5. The van der Waals surface area contributed by atoms with Crippen molar-refractivity contribution < 1.29 is 15.0 Å². The number of rotatable bonds is 4. The molecule has 0 aliphatic carbocycles. The van der Waals surface area contributed by atoms with Crippen molar-refractivity contribution in [3.8, 4) is 6.07 Å². The van der Waals surface area contributed by atoms with E-state index in [1.165, 1.54) is 11.3 Å². The Bertz CT molecular complexity index is 355. The molecule has 0 fully saturated rings. The minimum absolute atomic E-state index is 0.157. The molecule has 0 saturated carbocycles. The molecule has 0 saturated heterocycles. The molecule has 0 spiro atoms. The molecule has 1 aromatic heterocycles. The van der Waals surface area contributed by atoms with Crippen LogP contribution in [0.5, 0.6) is 0 Å². The highest BCUT2D eigenvalue weighted by Gasteiger charge is 2.21. The Labute approximate surface area is 85.0 Å². The summed E-state index contributed by atoms with van der Waals surface area (Å²) in [5.41, 5.74) is 0.382. The maximum Gasteiger partial charge on any atom is 0.160 e. The van der Waals surface area contributed by atoms with E-state index in [1.54, 1.807) is 17.5 Å². The molecule has 0 bridgehead atoms. The van der Waals surface area contributed by atoms with Crippen LogP contribution in [0.4, 0.5) is 0 Å². The van der Waals surface area contributed by atoms with Gasteiger partial charge in [0.05, 0.1) is 23.5 Å². The van der Waals surface area contributed by atoms with Crippen LogP contribution in [0, 0.1) is 11.3 Å². The van der Waals surface area contributed by atoms with Crippen molar-refractivity contribution in [2.75, 3.05) is 0 Å². The van der Waals surface area contributed by atoms with Gasteiger partial charge >= 0.3 is 0 Å². The van der Waals surface area contributed by atoms with E-state index >= 15 is 0 Å². The van der Waals surface area contributed by atoms with Crippen molar-refractivity contribution in [1.29, 1.82) is 5.26 Å². The maximum atomic E-state index is 10.5. The van der Waals surface area contributed by atoms with Gasteiger partial charge < -0.3 is 10.2 Å². The summed E-state index contributed by atoms with van der Waals surface area (Å²) in [5, 5.41) is 28.9. The van der Waals surface area contributed by atoms with Gasteiger partial charge in [0.2, 0.25) is 0 Å². The molecular weight excluding hydrogens is 202 g/mol. The molecule has 2 unspecified atom stereocenters. The Morgan fingerprint density at radius 3 is 2.93 bits per heavy atom. The minimum Gasteiger partial charge on any atom is -0.389 e. The van der Waals surface area contributed by atoms with Gasteiger partial charge in [0.15, 0.2) is 6.29 Å². The molecule has 74 valence electrons. The second-order valence-electron chi connectivity index (χ2n) is 2.73. The first-order valence-electron chi connectivity index (χ1n) is 3.96. The number of aliphatic hydroxyl groups is 2. The third-order valence-corrected chi connectivity index (χ3v) is 2.68. The molecule has 1 rings (SSSR count). The molecule has 1 aromatic rings. The summed E-state index contributed by atoms with van der Waals surface area (Å²) in [4.78, 5) is 10.9. The van der Waals surface area contributed by atoms with E-state index in [4.69, 9.17) is 5.26 Å². The van der Waals surface area contributed by atoms with Gasteiger partial charge in [-0.3, -0.25) is 4.79 Å². The van der Waals surface area contributed by atoms with Crippen LogP contribution in [0.1, 0.15) is 27.8 Å². The second kappa shape index (κ2) is 4.86. The quantitative estimate of drug-likeness (QED) is 0.724. The standard InChI is InChI=1S/C9H9NO3S/c10-3-1-7(12)9(13)6-2-4-14-8(6)5-11/h2,4-5,7,9,12-13H,1H2. The van der Waals surface area contributed by atoms with E-state index in [2.05, 4.69) is 0 Å². The lowest BCUT2D eigenvalue weighted by molar-refractivity contribution is 0.0216. The topological polar surface area (TPSA) is 81.3 Å². The number of hydrogen-bond donors (Lipinski definition) is 2. The van der Waals surface area contributed by atoms with Crippen LogP contribution in [-0.4, -0.2) is 22.6 Å². The van der Waals surface area contributed by atoms with Crippen LogP contribution >= 0.6 is 11.3 Å². The van der Waals surface area contributed by atoms with Crippen LogP contribution in [0.15, 0.2) is 11.4 Å². The Morgan fingerprint density at radius 2 is 2.36 bits per heavy atom. The highest BCUT2D eigenvalue weighted by molar-refractivity contribution is 7.11. The molecule has 1 heterocycles. The van der Waals surface area contributed by atoms with E-state index in [9.17, 15) is 15.0 Å². The van der Waals surface area contributed by atoms with E-state index in [-0.39, 0.29) is 6.42 Å². The third kappa shape index (κ3) is 2.17. The fraction of sp³-hybridized carbons (Fsp3) is 0.333. The van der Waals surface area contributed by atoms with Gasteiger partial charge in [-0.25, -0.2) is 0 Å². The summed E-state index contributed by atoms with van der Waals surface area (Å²) >= 11 is 1.19. The molecular formula is C9H9NO3S. The second-order valence-corrected chi connectivity index (χ2v) is 3.68. The molecule has 4 nitrogen and oxygen atoms in total. The fourth-order valence-corrected chi connectivity index (χ4v) is 1.83. The first-order chi connectivity index (χ1) is 6.70. The van der Waals surface area contributed by atoms with E-state index in [0.29, 0.717) is 16.7 Å². The highest BCUT2D eigenvalue weighted by atomic mass is 32.1. The van der Waals surface area contributed by atoms with Gasteiger partial charge in [0.25, 0.3) is 0 Å². The van der Waals surface area contributed by atoms with Gasteiger partial charge in [-0.1, -0.05) is 0 Å². The average molecular weight is 211 g/mol. The van der Waals surface area contributed by atoms with Gasteiger partial charge in [-0.2, -0.15) is 5.26 Å². The average Bonchev–Trinajstić information content (AvgIpc) is 2.64. The van der Waals surface area contributed by atoms with Gasteiger partial charge in [0.1, 0.15) is 6.10 Å². The van der Waals surface area contributed by atoms with Crippen molar-refractivity contribution in [2.45, 2.75) is 18.6 Å². The molecule has 0 amide bonds. The van der Waals surface area contributed by atoms with Gasteiger partial charge in [-0.15, -0.1) is 11.3 Å². The number of hydrogen-bond acceptors (Lipinski definition) is 5. The zero-order valence-corrected chi connectivity index (χ0v) is 8.07. The monoisotopic (exact) mass is 211 g/mol. The van der Waals surface area contributed by atoms with Crippen LogP contribution < -0.4 is 0 Å². The van der Waals surface area contributed by atoms with Crippen molar-refractivity contribution >= 4 is 17.6 Å². The first kappa shape index (κ1) is 10.9. The number of carbonyl (C=O) groups excluding carboxylic acids is 1. The van der Waals surface area contributed by atoms with Crippen LogP contribution in [0.3, 0.4) is 0 Å². The predicted octanol–water partition coefficient (Wildman–Crippen LogP) is 0.869. The summed E-state index contributed by atoms with van der Waals surface area (Å²) in [6.45, 7) is 0. The van der Waals surface area contributed by atoms with Crippen molar-refractivity contribution in [1.82, 2.24) is 0 Å². The number of carbonyl (C=O) groups is 1. The minimum atomic E-state index is -1.17. The highest BCUT2D eigenvalue weighted by Crippen LogP contribution is 2.25. The Hall–Kier alpha value is -1.22. The number of aliphatic hydroxyl groups excluding tert-OH is 2. The van der Waals surface area contributed by atoms with Crippen LogP contribution in [-0.2, 0) is 0 Å². The van der Waals surface area contributed by atoms with Gasteiger partial charge in [0, 0.05) is 5.56 Å². The zero-order chi connectivity index (χ0) is 10.6. The molecule has 14 heavy (non-hydrogen) atoms. The van der Waals surface area contributed by atoms with E-state index < -0.39 is 12.2 Å². The first-order valence-corrected chi connectivity index (χ1v) is 4.84. The summed E-state index contributed by atoms with van der Waals surface area (Å²) < 4.78 is 0. The normalized spacial score (nSPS) is 14.4. The molecule has 0 aromatic carbocycles. The molecule has 2 N–H and O–H groups in total. The van der Waals surface area contributed by atoms with Crippen LogP contribution in [0.2, 0.25) is 0 Å².